The number of carbonyl (C=O) groups is 1. The summed E-state index contributed by atoms with van der Waals surface area (Å²) in [5.74, 6) is 0.0237. The summed E-state index contributed by atoms with van der Waals surface area (Å²) in [6, 6.07) is 14.1. The molecule has 5 nitrogen and oxygen atoms in total. The molecule has 2 aromatic carbocycles. The predicted octanol–water partition coefficient (Wildman–Crippen LogP) is 3.61. The van der Waals surface area contributed by atoms with Gasteiger partial charge < -0.3 is 9.80 Å². The number of nitrogens with zero attached hydrogens (tertiary/aromatic N) is 4. The van der Waals surface area contributed by atoms with Crippen molar-refractivity contribution < 1.29 is 4.79 Å². The quantitative estimate of drug-likeness (QED) is 0.659. The van der Waals surface area contributed by atoms with Crippen molar-refractivity contribution in [2.45, 2.75) is 13.8 Å². The average Bonchev–Trinajstić information content (AvgIpc) is 2.74. The molecule has 1 aliphatic heterocycles. The van der Waals surface area contributed by atoms with Gasteiger partial charge in [0.25, 0.3) is 0 Å². The Bertz CT molecular complexity index is 1040. The number of rotatable bonds is 3. The standard InChI is InChI=1S/C23H24N4O/c1-17-6-5-9-22(18(17)2)26-12-14-27(15-13-26)23(28)11-10-19-16-24-20-7-3-4-8-21(20)25-19/h3-11,16H,12-15H2,1-2H3/b11-10+. The van der Waals surface area contributed by atoms with Crippen molar-refractivity contribution in [2.24, 2.45) is 0 Å². The fourth-order valence-corrected chi connectivity index (χ4v) is 3.56. The van der Waals surface area contributed by atoms with Gasteiger partial charge in [-0.05, 0) is 49.2 Å². The van der Waals surface area contributed by atoms with Crippen molar-refractivity contribution in [3.63, 3.8) is 0 Å². The number of hydrogen-bond donors (Lipinski definition) is 0. The van der Waals surface area contributed by atoms with Gasteiger partial charge in [-0.25, -0.2) is 4.98 Å². The van der Waals surface area contributed by atoms with Crippen LogP contribution in [0.25, 0.3) is 17.1 Å². The van der Waals surface area contributed by atoms with E-state index in [0.717, 1.165) is 37.2 Å². The van der Waals surface area contributed by atoms with Gasteiger partial charge in [-0.2, -0.15) is 0 Å². The van der Waals surface area contributed by atoms with Crippen molar-refractivity contribution in [3.8, 4) is 0 Å². The molecule has 0 atom stereocenters. The smallest absolute Gasteiger partial charge is 0.246 e. The van der Waals surface area contributed by atoms with Gasteiger partial charge in [0.2, 0.25) is 5.91 Å². The number of benzene rings is 2. The van der Waals surface area contributed by atoms with Crippen molar-refractivity contribution in [1.29, 1.82) is 0 Å². The van der Waals surface area contributed by atoms with E-state index in [9.17, 15) is 4.79 Å². The number of amides is 1. The van der Waals surface area contributed by atoms with E-state index in [0.29, 0.717) is 5.69 Å². The van der Waals surface area contributed by atoms with Crippen LogP contribution in [0.4, 0.5) is 5.69 Å². The molecule has 0 radical (unpaired) electrons. The Morgan fingerprint density at radius 3 is 2.50 bits per heavy atom. The van der Waals surface area contributed by atoms with Crippen LogP contribution in [-0.2, 0) is 4.79 Å². The normalized spacial score (nSPS) is 14.8. The second kappa shape index (κ2) is 7.80. The molecule has 4 rings (SSSR count). The molecule has 0 bridgehead atoms. The van der Waals surface area contributed by atoms with Gasteiger partial charge in [0.05, 0.1) is 22.9 Å². The van der Waals surface area contributed by atoms with Crippen molar-refractivity contribution >= 4 is 28.7 Å². The first kappa shape index (κ1) is 18.2. The van der Waals surface area contributed by atoms with Crippen LogP contribution < -0.4 is 4.90 Å². The van der Waals surface area contributed by atoms with E-state index < -0.39 is 0 Å². The monoisotopic (exact) mass is 372 g/mol. The lowest BCUT2D eigenvalue weighted by Crippen LogP contribution is -2.48. The first-order chi connectivity index (χ1) is 13.6. The van der Waals surface area contributed by atoms with Crippen molar-refractivity contribution in [1.82, 2.24) is 14.9 Å². The Labute approximate surface area is 165 Å². The summed E-state index contributed by atoms with van der Waals surface area (Å²) < 4.78 is 0. The molecule has 0 aliphatic carbocycles. The van der Waals surface area contributed by atoms with Gasteiger partial charge in [-0.3, -0.25) is 9.78 Å². The van der Waals surface area contributed by atoms with Gasteiger partial charge in [-0.15, -0.1) is 0 Å². The first-order valence-electron chi connectivity index (χ1n) is 9.62. The van der Waals surface area contributed by atoms with Gasteiger partial charge in [0.1, 0.15) is 0 Å². The highest BCUT2D eigenvalue weighted by Crippen LogP contribution is 2.24. The zero-order valence-electron chi connectivity index (χ0n) is 16.3. The Hall–Kier alpha value is -3.21. The number of carbonyl (C=O) groups excluding carboxylic acids is 1. The van der Waals surface area contributed by atoms with Crippen LogP contribution in [0.1, 0.15) is 16.8 Å². The van der Waals surface area contributed by atoms with Crippen molar-refractivity contribution in [2.75, 3.05) is 31.1 Å². The summed E-state index contributed by atoms with van der Waals surface area (Å²) in [5, 5.41) is 0. The number of aromatic nitrogens is 2. The first-order valence-corrected chi connectivity index (χ1v) is 9.62. The minimum absolute atomic E-state index is 0.0237. The lowest BCUT2D eigenvalue weighted by molar-refractivity contribution is -0.126. The molecule has 1 aromatic heterocycles. The third-order valence-electron chi connectivity index (χ3n) is 5.37. The number of hydrogen-bond acceptors (Lipinski definition) is 4. The summed E-state index contributed by atoms with van der Waals surface area (Å²) in [5.41, 5.74) is 6.27. The Morgan fingerprint density at radius 2 is 1.71 bits per heavy atom. The molecule has 142 valence electrons. The molecule has 5 heteroatoms. The second-order valence-corrected chi connectivity index (χ2v) is 7.15. The number of para-hydroxylation sites is 2. The molecule has 3 aromatic rings. The SMILES string of the molecule is Cc1cccc(N2CCN(C(=O)/C=C/c3cnc4ccccc4n3)CC2)c1C. The Morgan fingerprint density at radius 1 is 0.964 bits per heavy atom. The van der Waals surface area contributed by atoms with E-state index in [-0.39, 0.29) is 5.91 Å². The van der Waals surface area contributed by atoms with Gasteiger partial charge in [-0.1, -0.05) is 24.3 Å². The maximum absolute atomic E-state index is 12.6. The average molecular weight is 372 g/mol. The third-order valence-corrected chi connectivity index (χ3v) is 5.37. The van der Waals surface area contributed by atoms with Crippen LogP contribution in [0.5, 0.6) is 0 Å². The highest BCUT2D eigenvalue weighted by Gasteiger charge is 2.21. The van der Waals surface area contributed by atoms with E-state index in [4.69, 9.17) is 0 Å². The molecule has 0 unspecified atom stereocenters. The van der Waals surface area contributed by atoms with Gasteiger partial charge in [0, 0.05) is 37.9 Å². The molecule has 0 saturated carbocycles. The van der Waals surface area contributed by atoms with Crippen LogP contribution in [-0.4, -0.2) is 47.0 Å². The van der Waals surface area contributed by atoms with Crippen LogP contribution in [0.2, 0.25) is 0 Å². The second-order valence-electron chi connectivity index (χ2n) is 7.15. The lowest BCUT2D eigenvalue weighted by Gasteiger charge is -2.36. The summed E-state index contributed by atoms with van der Waals surface area (Å²) in [6.07, 6.45) is 5.05. The van der Waals surface area contributed by atoms with E-state index in [1.54, 1.807) is 18.3 Å². The third kappa shape index (κ3) is 3.74. The highest BCUT2D eigenvalue weighted by atomic mass is 16.2. The summed E-state index contributed by atoms with van der Waals surface area (Å²) >= 11 is 0. The lowest BCUT2D eigenvalue weighted by atomic mass is 10.1. The zero-order chi connectivity index (χ0) is 19.5. The van der Waals surface area contributed by atoms with Crippen LogP contribution >= 0.6 is 0 Å². The largest absolute Gasteiger partial charge is 0.368 e. The van der Waals surface area contributed by atoms with Gasteiger partial charge >= 0.3 is 0 Å². The summed E-state index contributed by atoms with van der Waals surface area (Å²) in [6.45, 7) is 7.44. The molecular weight excluding hydrogens is 348 g/mol. The summed E-state index contributed by atoms with van der Waals surface area (Å²) in [4.78, 5) is 25.8. The van der Waals surface area contributed by atoms with Gasteiger partial charge in [0.15, 0.2) is 0 Å². The fourth-order valence-electron chi connectivity index (χ4n) is 3.56. The van der Waals surface area contributed by atoms with E-state index in [1.165, 1.54) is 16.8 Å². The number of anilines is 1. The number of fused-ring (bicyclic) bond motifs is 1. The molecule has 1 amide bonds. The molecule has 1 saturated heterocycles. The molecular formula is C23H24N4O. The molecule has 1 aliphatic rings. The molecule has 0 spiro atoms. The predicted molar refractivity (Wildman–Crippen MR) is 113 cm³/mol. The number of aryl methyl sites for hydroxylation is 1. The fraction of sp³-hybridized carbons (Fsp3) is 0.261. The highest BCUT2D eigenvalue weighted by molar-refractivity contribution is 5.92. The van der Waals surface area contributed by atoms with Crippen LogP contribution in [0.15, 0.2) is 54.7 Å². The summed E-state index contributed by atoms with van der Waals surface area (Å²) in [7, 11) is 0. The van der Waals surface area contributed by atoms with Crippen LogP contribution in [0, 0.1) is 13.8 Å². The molecule has 2 heterocycles. The van der Waals surface area contributed by atoms with Crippen molar-refractivity contribution in [3.05, 3.63) is 71.6 Å². The minimum Gasteiger partial charge on any atom is -0.368 e. The van der Waals surface area contributed by atoms with E-state index in [2.05, 4.69) is 46.9 Å². The maximum atomic E-state index is 12.6. The molecule has 1 fully saturated rings. The van der Waals surface area contributed by atoms with E-state index in [1.807, 2.05) is 29.2 Å². The minimum atomic E-state index is 0.0237. The Balaban J connectivity index is 1.39. The molecule has 0 N–H and O–H groups in total. The van der Waals surface area contributed by atoms with E-state index >= 15 is 0 Å². The Kier molecular flexibility index (Phi) is 5.06. The molecule has 28 heavy (non-hydrogen) atoms. The number of piperazine rings is 1. The topological polar surface area (TPSA) is 49.3 Å². The van der Waals surface area contributed by atoms with Crippen LogP contribution in [0.3, 0.4) is 0 Å². The zero-order valence-corrected chi connectivity index (χ0v) is 16.3. The maximum Gasteiger partial charge on any atom is 0.246 e.